The van der Waals surface area contributed by atoms with E-state index in [0.717, 1.165) is 6.42 Å². The van der Waals surface area contributed by atoms with Crippen LogP contribution in [0.5, 0.6) is 0 Å². The fourth-order valence-corrected chi connectivity index (χ4v) is 2.07. The zero-order valence-electron chi connectivity index (χ0n) is 11.0. The monoisotopic (exact) mass is 261 g/mol. The summed E-state index contributed by atoms with van der Waals surface area (Å²) < 4.78 is 0. The number of rotatable bonds is 4. The van der Waals surface area contributed by atoms with E-state index in [1.165, 1.54) is 11.1 Å². The second-order valence-corrected chi connectivity index (χ2v) is 4.77. The standard InChI is InChI=1S/C14H19N3O2/c1-10-3-2-4-11(7-10)5-6-15-14(19)12-8-17-13(18)9-16-12/h2-4,7,12,16H,5-6,8-9H2,1H3,(H,15,19)(H,17,18). The summed E-state index contributed by atoms with van der Waals surface area (Å²) >= 11 is 0. The quantitative estimate of drug-likeness (QED) is 0.699. The maximum Gasteiger partial charge on any atom is 0.238 e. The number of hydrogen-bond acceptors (Lipinski definition) is 3. The van der Waals surface area contributed by atoms with E-state index >= 15 is 0 Å². The summed E-state index contributed by atoms with van der Waals surface area (Å²) in [5, 5.41) is 8.45. The molecule has 5 nitrogen and oxygen atoms in total. The van der Waals surface area contributed by atoms with Crippen LogP contribution in [-0.4, -0.2) is 37.5 Å². The fourth-order valence-electron chi connectivity index (χ4n) is 2.07. The number of aryl methyl sites for hydroxylation is 1. The van der Waals surface area contributed by atoms with Crippen LogP contribution in [0, 0.1) is 6.92 Å². The minimum atomic E-state index is -0.324. The molecule has 1 unspecified atom stereocenters. The zero-order chi connectivity index (χ0) is 13.7. The lowest BCUT2D eigenvalue weighted by molar-refractivity contribution is -0.126. The molecule has 3 N–H and O–H groups in total. The van der Waals surface area contributed by atoms with E-state index in [-0.39, 0.29) is 24.4 Å². The predicted molar refractivity (Wildman–Crippen MR) is 72.7 cm³/mol. The molecule has 1 saturated heterocycles. The molecule has 2 rings (SSSR count). The first-order valence-electron chi connectivity index (χ1n) is 6.48. The molecule has 1 aromatic carbocycles. The van der Waals surface area contributed by atoms with Crippen LogP contribution in [0.1, 0.15) is 11.1 Å². The SMILES string of the molecule is Cc1cccc(CCNC(=O)C2CNC(=O)CN2)c1. The van der Waals surface area contributed by atoms with E-state index in [1.54, 1.807) is 0 Å². The van der Waals surface area contributed by atoms with Gasteiger partial charge in [0.15, 0.2) is 0 Å². The lowest BCUT2D eigenvalue weighted by atomic mass is 10.1. The number of piperazine rings is 1. The van der Waals surface area contributed by atoms with E-state index < -0.39 is 0 Å². The second-order valence-electron chi connectivity index (χ2n) is 4.77. The predicted octanol–water partition coefficient (Wildman–Crippen LogP) is -0.258. The highest BCUT2D eigenvalue weighted by molar-refractivity contribution is 5.86. The Labute approximate surface area is 112 Å². The molecular formula is C14H19N3O2. The highest BCUT2D eigenvalue weighted by Gasteiger charge is 2.22. The lowest BCUT2D eigenvalue weighted by Crippen LogP contribution is -2.58. The fraction of sp³-hybridized carbons (Fsp3) is 0.429. The van der Waals surface area contributed by atoms with Crippen molar-refractivity contribution in [2.24, 2.45) is 0 Å². The summed E-state index contributed by atoms with van der Waals surface area (Å²) in [7, 11) is 0. The minimum absolute atomic E-state index is 0.0624. The average Bonchev–Trinajstić information content (AvgIpc) is 2.39. The van der Waals surface area contributed by atoms with Gasteiger partial charge in [-0.2, -0.15) is 0 Å². The maximum absolute atomic E-state index is 11.8. The van der Waals surface area contributed by atoms with Crippen LogP contribution >= 0.6 is 0 Å². The Morgan fingerprint density at radius 1 is 1.47 bits per heavy atom. The number of amides is 2. The molecule has 0 bridgehead atoms. The van der Waals surface area contributed by atoms with Crippen LogP contribution in [0.3, 0.4) is 0 Å². The van der Waals surface area contributed by atoms with Crippen LogP contribution in [0.4, 0.5) is 0 Å². The van der Waals surface area contributed by atoms with E-state index in [2.05, 4.69) is 41.1 Å². The molecule has 19 heavy (non-hydrogen) atoms. The molecule has 0 saturated carbocycles. The Kier molecular flexibility index (Phi) is 4.52. The van der Waals surface area contributed by atoms with E-state index in [0.29, 0.717) is 13.1 Å². The Hall–Kier alpha value is -1.88. The molecule has 0 spiro atoms. The van der Waals surface area contributed by atoms with Gasteiger partial charge in [0.05, 0.1) is 6.54 Å². The van der Waals surface area contributed by atoms with Gasteiger partial charge in [0.2, 0.25) is 11.8 Å². The lowest BCUT2D eigenvalue weighted by Gasteiger charge is -2.23. The Bertz CT molecular complexity index is 464. The number of hydrogen-bond donors (Lipinski definition) is 3. The Morgan fingerprint density at radius 2 is 2.32 bits per heavy atom. The molecule has 1 fully saturated rings. The van der Waals surface area contributed by atoms with Crippen LogP contribution in [0.15, 0.2) is 24.3 Å². The summed E-state index contributed by atoms with van der Waals surface area (Å²) in [6, 6.07) is 7.92. The van der Waals surface area contributed by atoms with Gasteiger partial charge >= 0.3 is 0 Å². The third kappa shape index (κ3) is 4.06. The molecule has 5 heteroatoms. The van der Waals surface area contributed by atoms with E-state index in [1.807, 2.05) is 6.07 Å². The molecule has 1 aliphatic heterocycles. The zero-order valence-corrected chi connectivity index (χ0v) is 11.0. The normalized spacial score (nSPS) is 18.8. The molecule has 0 aliphatic carbocycles. The van der Waals surface area contributed by atoms with Gasteiger partial charge in [0, 0.05) is 13.1 Å². The second kappa shape index (κ2) is 6.33. The van der Waals surface area contributed by atoms with Gasteiger partial charge in [-0.3, -0.25) is 14.9 Å². The van der Waals surface area contributed by atoms with Crippen LogP contribution in [0.2, 0.25) is 0 Å². The molecule has 102 valence electrons. The van der Waals surface area contributed by atoms with Gasteiger partial charge < -0.3 is 10.6 Å². The summed E-state index contributed by atoms with van der Waals surface area (Å²) in [5.74, 6) is -0.128. The van der Waals surface area contributed by atoms with Crippen molar-refractivity contribution in [3.63, 3.8) is 0 Å². The number of nitrogens with one attached hydrogen (secondary N) is 3. The van der Waals surface area contributed by atoms with Crippen molar-refractivity contribution in [2.45, 2.75) is 19.4 Å². The largest absolute Gasteiger partial charge is 0.354 e. The van der Waals surface area contributed by atoms with Gasteiger partial charge in [-0.15, -0.1) is 0 Å². The first-order chi connectivity index (χ1) is 9.15. The van der Waals surface area contributed by atoms with Crippen LogP contribution < -0.4 is 16.0 Å². The molecule has 2 amide bonds. The summed E-state index contributed by atoms with van der Waals surface area (Å²) in [6.45, 7) is 3.22. The van der Waals surface area contributed by atoms with Crippen molar-refractivity contribution in [2.75, 3.05) is 19.6 Å². The highest BCUT2D eigenvalue weighted by Crippen LogP contribution is 2.03. The number of carbonyl (C=O) groups excluding carboxylic acids is 2. The topological polar surface area (TPSA) is 70.2 Å². The maximum atomic E-state index is 11.8. The minimum Gasteiger partial charge on any atom is -0.354 e. The van der Waals surface area contributed by atoms with Crippen LogP contribution in [0.25, 0.3) is 0 Å². The molecule has 1 aliphatic rings. The third-order valence-electron chi connectivity index (χ3n) is 3.12. The smallest absolute Gasteiger partial charge is 0.238 e. The third-order valence-corrected chi connectivity index (χ3v) is 3.12. The molecule has 0 radical (unpaired) electrons. The van der Waals surface area contributed by atoms with Gasteiger partial charge in [-0.25, -0.2) is 0 Å². The molecule has 1 atom stereocenters. The van der Waals surface area contributed by atoms with Crippen molar-refractivity contribution in [1.29, 1.82) is 0 Å². The number of carbonyl (C=O) groups is 2. The average molecular weight is 261 g/mol. The van der Waals surface area contributed by atoms with Crippen molar-refractivity contribution in [1.82, 2.24) is 16.0 Å². The van der Waals surface area contributed by atoms with Gasteiger partial charge in [-0.05, 0) is 18.9 Å². The van der Waals surface area contributed by atoms with Crippen molar-refractivity contribution in [3.05, 3.63) is 35.4 Å². The number of benzene rings is 1. The molecule has 0 aromatic heterocycles. The molecule has 1 heterocycles. The molecular weight excluding hydrogens is 242 g/mol. The first kappa shape index (κ1) is 13.5. The van der Waals surface area contributed by atoms with Gasteiger partial charge in [0.25, 0.3) is 0 Å². The summed E-state index contributed by atoms with van der Waals surface area (Å²) in [6.07, 6.45) is 0.812. The Morgan fingerprint density at radius 3 is 3.00 bits per heavy atom. The summed E-state index contributed by atoms with van der Waals surface area (Å²) in [4.78, 5) is 22.8. The van der Waals surface area contributed by atoms with Crippen molar-refractivity contribution in [3.8, 4) is 0 Å². The highest BCUT2D eigenvalue weighted by atomic mass is 16.2. The van der Waals surface area contributed by atoms with E-state index in [4.69, 9.17) is 0 Å². The van der Waals surface area contributed by atoms with E-state index in [9.17, 15) is 9.59 Å². The Balaban J connectivity index is 1.73. The van der Waals surface area contributed by atoms with Crippen molar-refractivity contribution < 1.29 is 9.59 Å². The van der Waals surface area contributed by atoms with Gasteiger partial charge in [-0.1, -0.05) is 29.8 Å². The summed E-state index contributed by atoms with van der Waals surface area (Å²) in [5.41, 5.74) is 2.44. The molecule has 1 aromatic rings. The first-order valence-corrected chi connectivity index (χ1v) is 6.48. The van der Waals surface area contributed by atoms with Gasteiger partial charge in [0.1, 0.15) is 6.04 Å². The van der Waals surface area contributed by atoms with Crippen molar-refractivity contribution >= 4 is 11.8 Å². The van der Waals surface area contributed by atoms with Crippen LogP contribution in [-0.2, 0) is 16.0 Å².